The maximum atomic E-state index is 14.2. The normalized spacial score (nSPS) is 13.0. The molecule has 0 fully saturated rings. The number of imidazole rings is 1. The van der Waals surface area contributed by atoms with E-state index in [1.165, 1.54) is 35.5 Å². The number of nitrogens with one attached hydrogen (secondary N) is 4. The fourth-order valence-electron chi connectivity index (χ4n) is 8.57. The van der Waals surface area contributed by atoms with E-state index >= 15 is 0 Å². The van der Waals surface area contributed by atoms with Gasteiger partial charge in [-0.3, -0.25) is 33.9 Å². The van der Waals surface area contributed by atoms with Crippen molar-refractivity contribution in [3.63, 3.8) is 0 Å². The number of aromatic amines is 1. The van der Waals surface area contributed by atoms with Crippen LogP contribution in [-0.2, 0) is 48.3 Å². The van der Waals surface area contributed by atoms with Crippen LogP contribution in [0.1, 0.15) is 81.4 Å². The number of Topliss-reactive ketones (excluding diaryl/α,β-unsaturated/α-hetero) is 1. The second-order valence-corrected chi connectivity index (χ2v) is 18.7. The highest BCUT2D eigenvalue weighted by atomic mass is 19.1. The molecule has 21 heteroatoms. The fourth-order valence-corrected chi connectivity index (χ4v) is 8.57. The Bertz CT molecular complexity index is 3030. The molecule has 1 aliphatic heterocycles. The van der Waals surface area contributed by atoms with Crippen LogP contribution in [0, 0.1) is 24.6 Å². The lowest BCUT2D eigenvalue weighted by Gasteiger charge is -2.24. The molecule has 0 unspecified atom stereocenters. The molecule has 20 nitrogen and oxygen atoms in total. The Labute approximate surface area is 432 Å². The number of rotatable bonds is 26. The van der Waals surface area contributed by atoms with Gasteiger partial charge in [-0.05, 0) is 105 Å². The highest BCUT2D eigenvalue weighted by Crippen LogP contribution is 2.30. The van der Waals surface area contributed by atoms with Gasteiger partial charge in [0.1, 0.15) is 24.6 Å². The van der Waals surface area contributed by atoms with E-state index in [2.05, 4.69) is 31.0 Å². The summed E-state index contributed by atoms with van der Waals surface area (Å²) in [5, 5.41) is 12.5. The number of carbonyl (C=O) groups is 7. The molecule has 0 radical (unpaired) electrons. The molecule has 5 heterocycles. The van der Waals surface area contributed by atoms with Gasteiger partial charge < -0.3 is 36.3 Å². The summed E-state index contributed by atoms with van der Waals surface area (Å²) in [6.45, 7) is 5.96. The lowest BCUT2D eigenvalue weighted by atomic mass is 9.89. The number of benzene rings is 2. The molecule has 2 atom stereocenters. The van der Waals surface area contributed by atoms with Crippen LogP contribution in [0.15, 0.2) is 104 Å². The van der Waals surface area contributed by atoms with Crippen molar-refractivity contribution in [2.45, 2.75) is 91.3 Å². The van der Waals surface area contributed by atoms with Crippen LogP contribution < -0.4 is 21.7 Å². The molecule has 0 aliphatic carbocycles. The van der Waals surface area contributed by atoms with Gasteiger partial charge in [0, 0.05) is 73.7 Å². The predicted molar refractivity (Wildman–Crippen MR) is 275 cm³/mol. The molecule has 75 heavy (non-hydrogen) atoms. The molecule has 0 saturated carbocycles. The van der Waals surface area contributed by atoms with Gasteiger partial charge in [-0.25, -0.2) is 28.5 Å². The van der Waals surface area contributed by atoms with Gasteiger partial charge in [-0.15, -0.1) is 0 Å². The quantitative estimate of drug-likeness (QED) is 0.0284. The number of halogens is 1. The Morgan fingerprint density at radius 2 is 1.67 bits per heavy atom. The maximum Gasteiger partial charge on any atom is 0.410 e. The third kappa shape index (κ3) is 15.4. The number of anilines is 1. The van der Waals surface area contributed by atoms with E-state index in [4.69, 9.17) is 20.4 Å². The van der Waals surface area contributed by atoms with Gasteiger partial charge in [-0.2, -0.15) is 5.10 Å². The average Bonchev–Trinajstić information content (AvgIpc) is 4.12. The number of amides is 7. The first kappa shape index (κ1) is 54.2. The van der Waals surface area contributed by atoms with Crippen LogP contribution in [-0.4, -0.2) is 107 Å². The van der Waals surface area contributed by atoms with Gasteiger partial charge in [0.05, 0.1) is 29.7 Å². The van der Waals surface area contributed by atoms with Gasteiger partial charge in [0.2, 0.25) is 11.8 Å². The third-order valence-corrected chi connectivity index (χ3v) is 12.6. The number of aryl methyl sites for hydroxylation is 1. The van der Waals surface area contributed by atoms with Crippen molar-refractivity contribution >= 4 is 52.9 Å². The van der Waals surface area contributed by atoms with Crippen LogP contribution in [0.2, 0.25) is 0 Å². The molecule has 7 rings (SSSR count). The Balaban J connectivity index is 0.985. The maximum absolute atomic E-state index is 14.2. The van der Waals surface area contributed by atoms with Crippen LogP contribution in [0.3, 0.4) is 0 Å². The summed E-state index contributed by atoms with van der Waals surface area (Å²) in [6.07, 6.45) is 7.50. The molecule has 392 valence electrons. The van der Waals surface area contributed by atoms with Crippen LogP contribution in [0.5, 0.6) is 0 Å². The SMILES string of the molecule is Cc1cccc(-c2[nH]c(CN(CCc3cccc(F)c3)C(=O)OCc3ccc(NC(=O)[C@H](CCCNC(N)=O)CC(=O)[C@@H](NC(=O)CCCCCN4C(=O)C=CC4=O)C(C)C)cc3)nc2-c2ccc3ncnn3c2)n1. The lowest BCUT2D eigenvalue weighted by Crippen LogP contribution is -2.45. The number of hydrogen-bond donors (Lipinski definition) is 5. The zero-order valence-electron chi connectivity index (χ0n) is 42.1. The van der Waals surface area contributed by atoms with Crippen molar-refractivity contribution in [3.8, 4) is 22.6 Å². The standard InChI is InChI=1S/C54H61FN12O8/c1-34(2)49(64-46(69)15-5-4-6-26-66-47(70)22-23-48(66)71)43(68)29-38(12-9-25-57-53(56)73)52(72)61-41-19-16-37(17-20-41)32-75-54(74)65(27-24-36-11-8-13-40(55)28-36)31-44-62-50(39-18-21-45-58-33-59-67(45)30-39)51(63-44)42-14-7-10-35(3)60-42/h7-8,10-11,13-14,16-23,28,30,33-34,38,49H,4-6,9,12,15,24-27,29,31-32H2,1-3H3,(H,61,72)(H,62,63)(H,64,69)(H3,56,57,73)/t38-,49+/m1/s1. The first-order valence-electron chi connectivity index (χ1n) is 24.9. The number of ether oxygens (including phenoxy) is 1. The first-order valence-corrected chi connectivity index (χ1v) is 24.9. The smallest absolute Gasteiger partial charge is 0.410 e. The number of urea groups is 1. The van der Waals surface area contributed by atoms with Crippen molar-refractivity contribution in [1.82, 2.24) is 50.0 Å². The molecule has 6 aromatic rings. The lowest BCUT2D eigenvalue weighted by molar-refractivity contribution is -0.137. The molecule has 0 saturated heterocycles. The summed E-state index contributed by atoms with van der Waals surface area (Å²) >= 11 is 0. The zero-order valence-corrected chi connectivity index (χ0v) is 42.1. The predicted octanol–water partition coefficient (Wildman–Crippen LogP) is 6.60. The summed E-state index contributed by atoms with van der Waals surface area (Å²) in [6, 6.07) is 20.6. The highest BCUT2D eigenvalue weighted by Gasteiger charge is 2.30. The number of nitrogens with two attached hydrogens (primary N) is 1. The summed E-state index contributed by atoms with van der Waals surface area (Å²) in [5.74, 6) is -2.89. The van der Waals surface area contributed by atoms with Crippen molar-refractivity contribution in [3.05, 3.63) is 132 Å². The molecule has 2 aromatic carbocycles. The van der Waals surface area contributed by atoms with Gasteiger partial charge in [0.15, 0.2) is 11.4 Å². The number of H-pyrrole nitrogens is 1. The van der Waals surface area contributed by atoms with Crippen LogP contribution >= 0.6 is 0 Å². The van der Waals surface area contributed by atoms with Crippen molar-refractivity contribution in [2.24, 2.45) is 17.6 Å². The number of unbranched alkanes of at least 4 members (excludes halogenated alkanes) is 2. The molecule has 1 aliphatic rings. The minimum Gasteiger partial charge on any atom is -0.445 e. The average molecular weight is 1030 g/mol. The molecule has 0 spiro atoms. The van der Waals surface area contributed by atoms with E-state index in [-0.39, 0.29) is 81.5 Å². The Morgan fingerprint density at radius 1 is 0.893 bits per heavy atom. The van der Waals surface area contributed by atoms with E-state index in [0.717, 1.165) is 16.2 Å². The number of nitrogens with zero attached hydrogens (tertiary/aromatic N) is 7. The number of primary amides is 1. The second kappa shape index (κ2) is 25.9. The molecule has 7 amide bonds. The van der Waals surface area contributed by atoms with Crippen molar-refractivity contribution in [2.75, 3.05) is 25.0 Å². The number of fused-ring (bicyclic) bond motifs is 1. The summed E-state index contributed by atoms with van der Waals surface area (Å²) in [7, 11) is 0. The largest absolute Gasteiger partial charge is 0.445 e. The van der Waals surface area contributed by atoms with E-state index in [0.29, 0.717) is 77.5 Å². The first-order chi connectivity index (χ1) is 36.1. The summed E-state index contributed by atoms with van der Waals surface area (Å²) < 4.78 is 21.7. The Kier molecular flexibility index (Phi) is 18.7. The monoisotopic (exact) mass is 1020 g/mol. The fraction of sp³-hybridized carbons (Fsp3) is 0.352. The molecule has 6 N–H and O–H groups in total. The summed E-state index contributed by atoms with van der Waals surface area (Å²) in [4.78, 5) is 110. The number of carbonyl (C=O) groups excluding carboxylic acids is 7. The second-order valence-electron chi connectivity index (χ2n) is 18.7. The zero-order chi connectivity index (χ0) is 53.4. The van der Waals surface area contributed by atoms with E-state index in [1.54, 1.807) is 54.8 Å². The van der Waals surface area contributed by atoms with Crippen molar-refractivity contribution < 1.29 is 42.7 Å². The van der Waals surface area contributed by atoms with Crippen molar-refractivity contribution in [1.29, 1.82) is 0 Å². The third-order valence-electron chi connectivity index (χ3n) is 12.6. The van der Waals surface area contributed by atoms with Crippen LogP contribution in [0.4, 0.5) is 19.7 Å². The Morgan fingerprint density at radius 3 is 2.40 bits per heavy atom. The number of aromatic nitrogens is 6. The van der Waals surface area contributed by atoms with E-state index < -0.39 is 35.8 Å². The minimum absolute atomic E-state index is 0.00314. The molecular weight excluding hydrogens is 964 g/mol. The van der Waals surface area contributed by atoms with E-state index in [1.807, 2.05) is 43.5 Å². The number of pyridine rings is 2. The highest BCUT2D eigenvalue weighted by molar-refractivity contribution is 6.12. The van der Waals surface area contributed by atoms with Gasteiger partial charge in [0.25, 0.3) is 11.8 Å². The number of imide groups is 1. The number of ketones is 1. The topological polar surface area (TPSA) is 269 Å². The number of hydrogen-bond acceptors (Lipinski definition) is 12. The van der Waals surface area contributed by atoms with E-state index in [9.17, 15) is 38.0 Å². The Hall–Kier alpha value is -8.62. The summed E-state index contributed by atoms with van der Waals surface area (Å²) in [5.41, 5.74) is 11.0. The molecule has 4 aromatic heterocycles. The van der Waals surface area contributed by atoms with Gasteiger partial charge >= 0.3 is 12.1 Å². The minimum atomic E-state index is -0.867. The van der Waals surface area contributed by atoms with Crippen LogP contribution in [0.25, 0.3) is 28.3 Å². The van der Waals surface area contributed by atoms with Gasteiger partial charge in [-0.1, -0.05) is 50.6 Å². The molecule has 0 bridgehead atoms. The molecular formula is C54H61FN12O8.